The van der Waals surface area contributed by atoms with Crippen LogP contribution in [0.25, 0.3) is 10.2 Å². The molecule has 47 heavy (non-hydrogen) atoms. The van der Waals surface area contributed by atoms with E-state index in [4.69, 9.17) is 20.9 Å². The van der Waals surface area contributed by atoms with Crippen molar-refractivity contribution in [2.45, 2.75) is 51.1 Å². The minimum atomic E-state index is -1.62. The molecule has 0 bridgehead atoms. The van der Waals surface area contributed by atoms with E-state index in [1.807, 2.05) is 26.8 Å². The van der Waals surface area contributed by atoms with E-state index in [0.29, 0.717) is 39.1 Å². The van der Waals surface area contributed by atoms with E-state index in [1.165, 1.54) is 18.4 Å². The van der Waals surface area contributed by atoms with Crippen molar-refractivity contribution < 1.29 is 28.1 Å². The number of carbonyl (C=O) groups excluding carboxylic acids is 3. The number of hydrogen-bond acceptors (Lipinski definition) is 10. The van der Waals surface area contributed by atoms with E-state index < -0.39 is 23.0 Å². The Morgan fingerprint density at radius 2 is 1.72 bits per heavy atom. The zero-order chi connectivity index (χ0) is 34.2. The number of rotatable bonds is 13. The molecule has 3 aromatic carbocycles. The fraction of sp³-hybridized carbons (Fsp3) is 0.303. The molecule has 12 nitrogen and oxygen atoms in total. The number of thiazole rings is 1. The van der Waals surface area contributed by atoms with Gasteiger partial charge in [0.05, 0.1) is 40.9 Å². The van der Waals surface area contributed by atoms with Gasteiger partial charge < -0.3 is 26.3 Å². The number of carbonyl (C=O) groups is 3. The monoisotopic (exact) mass is 678 g/mol. The number of nitrogens with zero attached hydrogens (tertiary/aromatic N) is 2. The molecule has 4 aromatic rings. The zero-order valence-corrected chi connectivity index (χ0v) is 28.5. The lowest BCUT2D eigenvalue weighted by Crippen LogP contribution is -2.34. The van der Waals surface area contributed by atoms with Crippen molar-refractivity contribution in [1.29, 1.82) is 0 Å². The van der Waals surface area contributed by atoms with Crippen LogP contribution in [0.15, 0.2) is 58.4 Å². The van der Waals surface area contributed by atoms with Gasteiger partial charge in [-0.1, -0.05) is 12.1 Å². The van der Waals surface area contributed by atoms with Crippen LogP contribution < -0.4 is 26.2 Å². The molecule has 4 rings (SSSR count). The molecule has 1 aromatic heterocycles. The van der Waals surface area contributed by atoms with Gasteiger partial charge in [0.1, 0.15) is 5.75 Å². The predicted octanol–water partition coefficient (Wildman–Crippen LogP) is 3.86. The summed E-state index contributed by atoms with van der Waals surface area (Å²) in [5, 5.41) is 3.11. The molecule has 14 heteroatoms. The third-order valence-corrected chi connectivity index (χ3v) is 9.99. The molecular formula is C33H38N6O6S2. The van der Waals surface area contributed by atoms with Crippen LogP contribution in [-0.4, -0.2) is 59.6 Å². The van der Waals surface area contributed by atoms with Crippen LogP contribution in [-0.2, 0) is 22.3 Å². The van der Waals surface area contributed by atoms with Crippen molar-refractivity contribution in [3.8, 4) is 5.75 Å². The number of esters is 1. The number of nitrogens with two attached hydrogens (primary N) is 2. The Hall–Kier alpha value is -4.66. The van der Waals surface area contributed by atoms with Crippen molar-refractivity contribution in [3.63, 3.8) is 0 Å². The summed E-state index contributed by atoms with van der Waals surface area (Å²) in [4.78, 5) is 46.7. The van der Waals surface area contributed by atoms with Crippen LogP contribution in [0.1, 0.15) is 65.6 Å². The first-order valence-electron chi connectivity index (χ1n) is 14.7. The van der Waals surface area contributed by atoms with Crippen molar-refractivity contribution in [2.24, 2.45) is 16.5 Å². The fourth-order valence-electron chi connectivity index (χ4n) is 4.83. The number of ether oxygens (including phenoxy) is 2. The fourth-order valence-corrected chi connectivity index (χ4v) is 6.98. The smallest absolute Gasteiger partial charge is 0.337 e. The van der Waals surface area contributed by atoms with Gasteiger partial charge in [0, 0.05) is 18.7 Å². The summed E-state index contributed by atoms with van der Waals surface area (Å²) in [7, 11) is 1.30. The molecule has 0 saturated carbocycles. The predicted molar refractivity (Wildman–Crippen MR) is 183 cm³/mol. The second-order valence-corrected chi connectivity index (χ2v) is 13.0. The molecule has 0 aliphatic rings. The Kier molecular flexibility index (Phi) is 11.8. The van der Waals surface area contributed by atoms with Gasteiger partial charge >= 0.3 is 5.97 Å². The number of amides is 1. The van der Waals surface area contributed by atoms with Gasteiger partial charge in [0.15, 0.2) is 16.0 Å². The highest BCUT2D eigenvalue weighted by Crippen LogP contribution is 2.29. The van der Waals surface area contributed by atoms with Gasteiger partial charge in [-0.15, -0.1) is 11.3 Å². The van der Waals surface area contributed by atoms with Crippen LogP contribution in [0.5, 0.6) is 5.75 Å². The maximum atomic E-state index is 13.0. The first kappa shape index (κ1) is 35.2. The Bertz CT molecular complexity index is 1850. The number of hydrogen-bond donors (Lipinski definition) is 4. The van der Waals surface area contributed by atoms with E-state index in [9.17, 15) is 18.6 Å². The summed E-state index contributed by atoms with van der Waals surface area (Å²) >= 11 is 1.18. The summed E-state index contributed by atoms with van der Waals surface area (Å²) in [5.41, 5.74) is 17.0. The molecule has 0 aliphatic carbocycles. The Balaban J connectivity index is 1.28. The zero-order valence-electron chi connectivity index (χ0n) is 26.8. The van der Waals surface area contributed by atoms with Crippen molar-refractivity contribution in [2.75, 3.05) is 20.8 Å². The lowest BCUT2D eigenvalue weighted by molar-refractivity contribution is 0.0600. The molecule has 2 unspecified atom stereocenters. The molecule has 0 fully saturated rings. The maximum Gasteiger partial charge on any atom is 0.337 e. The third kappa shape index (κ3) is 8.58. The lowest BCUT2D eigenvalue weighted by atomic mass is 10.1. The Morgan fingerprint density at radius 1 is 1.02 bits per heavy atom. The molecule has 6 N–H and O–H groups in total. The lowest BCUT2D eigenvalue weighted by Gasteiger charge is -2.16. The number of aromatic nitrogens is 1. The van der Waals surface area contributed by atoms with E-state index in [1.54, 1.807) is 49.6 Å². The van der Waals surface area contributed by atoms with Gasteiger partial charge in [-0.05, 0) is 92.3 Å². The average Bonchev–Trinajstić information content (AvgIpc) is 3.50. The topological polar surface area (TPSA) is 188 Å². The van der Waals surface area contributed by atoms with Gasteiger partial charge in [0.2, 0.25) is 11.7 Å². The minimum absolute atomic E-state index is 0.0259. The molecule has 1 heterocycles. The molecular weight excluding hydrogens is 641 g/mol. The summed E-state index contributed by atoms with van der Waals surface area (Å²) in [5.74, 6) is -0.265. The van der Waals surface area contributed by atoms with Crippen LogP contribution in [0.4, 0.5) is 0 Å². The molecule has 0 saturated heterocycles. The maximum absolute atomic E-state index is 13.0. The molecule has 0 aliphatic heterocycles. The first-order chi connectivity index (χ1) is 22.4. The summed E-state index contributed by atoms with van der Waals surface area (Å²) in [6.07, 6.45) is 0.820. The van der Waals surface area contributed by atoms with Crippen LogP contribution in [0.3, 0.4) is 0 Å². The number of ketones is 1. The van der Waals surface area contributed by atoms with E-state index >= 15 is 0 Å². The molecule has 0 radical (unpaired) electrons. The average molecular weight is 679 g/mol. The summed E-state index contributed by atoms with van der Waals surface area (Å²) < 4.78 is 26.5. The number of aryl methyl sites for hydroxylation is 1. The van der Waals surface area contributed by atoms with Crippen LogP contribution >= 0.6 is 11.3 Å². The second-order valence-electron chi connectivity index (χ2n) is 10.8. The SMILES string of the molecule is COC(=O)c1ccc(CNC(=O)c2ccc3nc(C(=O)C(N)CCCN=C(N)NS(=O)c4c(C)cc(OC)c(C)c4C)sc3c2)cc1. The van der Waals surface area contributed by atoms with Crippen molar-refractivity contribution >= 4 is 56.2 Å². The molecule has 2 atom stereocenters. The Morgan fingerprint density at radius 3 is 2.40 bits per heavy atom. The number of nitrogens with one attached hydrogen (secondary N) is 2. The summed E-state index contributed by atoms with van der Waals surface area (Å²) in [6, 6.07) is 12.8. The number of fused-ring (bicyclic) bond motifs is 1. The van der Waals surface area contributed by atoms with Crippen LogP contribution in [0.2, 0.25) is 0 Å². The number of methoxy groups -OCH3 is 2. The van der Waals surface area contributed by atoms with E-state index in [2.05, 4.69) is 20.0 Å². The normalized spacial score (nSPS) is 12.8. The van der Waals surface area contributed by atoms with Gasteiger partial charge in [-0.25, -0.2) is 14.0 Å². The highest BCUT2D eigenvalue weighted by atomic mass is 32.2. The van der Waals surface area contributed by atoms with E-state index in [-0.39, 0.29) is 35.7 Å². The van der Waals surface area contributed by atoms with Crippen molar-refractivity contribution in [3.05, 3.63) is 86.9 Å². The molecule has 1 amide bonds. The quantitative estimate of drug-likeness (QED) is 0.0535. The van der Waals surface area contributed by atoms with E-state index in [0.717, 1.165) is 28.0 Å². The van der Waals surface area contributed by atoms with Gasteiger partial charge in [0.25, 0.3) is 5.91 Å². The molecule has 248 valence electrons. The second kappa shape index (κ2) is 15.8. The largest absolute Gasteiger partial charge is 0.496 e. The third-order valence-electron chi connectivity index (χ3n) is 7.56. The number of benzene rings is 3. The minimum Gasteiger partial charge on any atom is -0.496 e. The van der Waals surface area contributed by atoms with Crippen molar-refractivity contribution in [1.82, 2.24) is 15.0 Å². The molecule has 0 spiro atoms. The standard InChI is InChI=1S/C33H38N6O6S2/c1-18-15-26(44-4)19(2)20(3)29(18)47(43)39-33(35)36-14-6-7-24(34)28(40)31-38-25-13-12-23(16-27(25)46-31)30(41)37-17-21-8-10-22(11-9-21)32(42)45-5/h8-13,15-16,24H,6-7,14,17,34H2,1-5H3,(H,37,41)(H3,35,36,39). The highest BCUT2D eigenvalue weighted by molar-refractivity contribution is 7.83. The first-order valence-corrected chi connectivity index (χ1v) is 16.7. The van der Waals surface area contributed by atoms with Gasteiger partial charge in [-0.2, -0.15) is 0 Å². The Labute approximate surface area is 279 Å². The number of guanidine groups is 1. The van der Waals surface area contributed by atoms with Crippen LogP contribution in [0, 0.1) is 20.8 Å². The van der Waals surface area contributed by atoms with Gasteiger partial charge in [-0.3, -0.25) is 19.3 Å². The number of Topliss-reactive ketones (excluding diaryl/α,β-unsaturated/α-hetero) is 1. The highest BCUT2D eigenvalue weighted by Gasteiger charge is 2.21. The summed E-state index contributed by atoms with van der Waals surface area (Å²) in [6.45, 7) is 6.19. The number of aliphatic imine (C=N–C) groups is 1.